The topological polar surface area (TPSA) is 102 Å². The molecule has 0 saturated carbocycles. The number of benzene rings is 3. The van der Waals surface area contributed by atoms with Gasteiger partial charge in [0.15, 0.2) is 11.6 Å². The third-order valence-electron chi connectivity index (χ3n) is 4.50. The van der Waals surface area contributed by atoms with Crippen LogP contribution in [0.5, 0.6) is 5.75 Å². The van der Waals surface area contributed by atoms with Gasteiger partial charge in [0.1, 0.15) is 5.75 Å². The molecular formula is C23H17N5O3. The van der Waals surface area contributed by atoms with E-state index in [-0.39, 0.29) is 5.69 Å². The van der Waals surface area contributed by atoms with E-state index in [4.69, 9.17) is 11.2 Å². The first-order valence-electron chi connectivity index (χ1n) is 9.26. The average Bonchev–Trinajstić information content (AvgIpc) is 2.79. The Bertz CT molecular complexity index is 1310. The largest absolute Gasteiger partial charge is 0.497 e. The van der Waals surface area contributed by atoms with E-state index >= 15 is 0 Å². The molecule has 0 saturated heterocycles. The van der Waals surface area contributed by atoms with E-state index in [1.807, 2.05) is 42.5 Å². The van der Waals surface area contributed by atoms with Crippen LogP contribution in [0.4, 0.5) is 28.7 Å². The number of ether oxygens (including phenoxy) is 1. The molecule has 1 aromatic heterocycles. The molecule has 0 aliphatic heterocycles. The number of fused-ring (bicyclic) bond motifs is 1. The molecule has 0 spiro atoms. The van der Waals surface area contributed by atoms with Gasteiger partial charge >= 0.3 is 0 Å². The van der Waals surface area contributed by atoms with Crippen molar-refractivity contribution in [2.45, 2.75) is 0 Å². The van der Waals surface area contributed by atoms with Gasteiger partial charge in [-0.05, 0) is 48.5 Å². The molecule has 31 heavy (non-hydrogen) atoms. The number of rotatable bonds is 6. The monoisotopic (exact) mass is 411 g/mol. The molecule has 4 aromatic rings. The average molecular weight is 411 g/mol. The number of nitrogens with one attached hydrogen (secondary N) is 2. The van der Waals surface area contributed by atoms with Crippen molar-refractivity contribution in [3.63, 3.8) is 0 Å². The van der Waals surface area contributed by atoms with Crippen LogP contribution in [-0.2, 0) is 0 Å². The molecule has 1 heterocycles. The summed E-state index contributed by atoms with van der Waals surface area (Å²) in [5.41, 5.74) is 3.05. The maximum Gasteiger partial charge on any atom is 0.271 e. The Morgan fingerprint density at radius 1 is 0.935 bits per heavy atom. The van der Waals surface area contributed by atoms with Crippen molar-refractivity contribution in [2.75, 3.05) is 17.7 Å². The normalized spacial score (nSPS) is 10.3. The van der Waals surface area contributed by atoms with Crippen molar-refractivity contribution in [1.29, 1.82) is 0 Å². The number of nitro groups is 1. The van der Waals surface area contributed by atoms with Crippen molar-refractivity contribution in [1.82, 2.24) is 9.97 Å². The first kappa shape index (κ1) is 19.7. The van der Waals surface area contributed by atoms with Crippen LogP contribution < -0.4 is 15.4 Å². The fourth-order valence-corrected chi connectivity index (χ4v) is 2.97. The van der Waals surface area contributed by atoms with Crippen LogP contribution in [0.3, 0.4) is 0 Å². The number of hydrogen-bond acceptors (Lipinski definition) is 7. The quantitative estimate of drug-likeness (QED) is 0.261. The van der Waals surface area contributed by atoms with Crippen LogP contribution in [0.2, 0.25) is 0 Å². The number of terminal acetylenes is 1. The summed E-state index contributed by atoms with van der Waals surface area (Å²) < 4.78 is 5.19. The number of aromatic nitrogens is 2. The smallest absolute Gasteiger partial charge is 0.271 e. The fraction of sp³-hybridized carbons (Fsp3) is 0.0435. The lowest BCUT2D eigenvalue weighted by atomic mass is 10.2. The zero-order valence-electron chi connectivity index (χ0n) is 16.5. The van der Waals surface area contributed by atoms with Crippen molar-refractivity contribution in [3.05, 3.63) is 82.4 Å². The van der Waals surface area contributed by atoms with Crippen molar-refractivity contribution < 1.29 is 9.66 Å². The fourth-order valence-electron chi connectivity index (χ4n) is 2.97. The SMILES string of the molecule is C#Cc1cccc(Nc2nc3cc([N+](=O)[O-])ccc3nc2Nc2ccc(OC)cc2)c1. The molecule has 0 aliphatic carbocycles. The molecule has 3 aromatic carbocycles. The Kier molecular flexibility index (Phi) is 5.32. The zero-order chi connectivity index (χ0) is 21.8. The molecule has 0 fully saturated rings. The lowest BCUT2D eigenvalue weighted by Crippen LogP contribution is -2.04. The standard InChI is InChI=1S/C23H17N5O3/c1-3-15-5-4-6-17(13-15)25-23-22(24-16-7-10-19(31-2)11-8-16)26-20-12-9-18(28(29)30)14-21(20)27-23/h1,4-14H,2H3,(H,24,26)(H,25,27). The summed E-state index contributed by atoms with van der Waals surface area (Å²) in [5, 5.41) is 17.6. The summed E-state index contributed by atoms with van der Waals surface area (Å²) in [7, 11) is 1.60. The third-order valence-corrected chi connectivity index (χ3v) is 4.50. The molecule has 0 radical (unpaired) electrons. The Labute approximate surface area is 178 Å². The Morgan fingerprint density at radius 2 is 1.65 bits per heavy atom. The summed E-state index contributed by atoms with van der Waals surface area (Å²) >= 11 is 0. The van der Waals surface area contributed by atoms with Crippen LogP contribution in [0, 0.1) is 22.5 Å². The van der Waals surface area contributed by atoms with Crippen LogP contribution in [0.15, 0.2) is 66.7 Å². The summed E-state index contributed by atoms with van der Waals surface area (Å²) in [6.45, 7) is 0. The predicted octanol–water partition coefficient (Wildman–Crippen LogP) is 5.02. The molecule has 152 valence electrons. The minimum absolute atomic E-state index is 0.0575. The van der Waals surface area contributed by atoms with E-state index in [9.17, 15) is 10.1 Å². The second-order valence-electron chi connectivity index (χ2n) is 6.55. The van der Waals surface area contributed by atoms with Gasteiger partial charge in [0.2, 0.25) is 0 Å². The van der Waals surface area contributed by atoms with E-state index < -0.39 is 4.92 Å². The van der Waals surface area contributed by atoms with Crippen molar-refractivity contribution in [3.8, 4) is 18.1 Å². The maximum atomic E-state index is 11.2. The van der Waals surface area contributed by atoms with E-state index in [1.165, 1.54) is 12.1 Å². The van der Waals surface area contributed by atoms with Crippen LogP contribution >= 0.6 is 0 Å². The lowest BCUT2D eigenvalue weighted by molar-refractivity contribution is -0.384. The molecule has 8 nitrogen and oxygen atoms in total. The molecule has 0 bridgehead atoms. The number of anilines is 4. The van der Waals surface area contributed by atoms with Gasteiger partial charge in [0.25, 0.3) is 5.69 Å². The zero-order valence-corrected chi connectivity index (χ0v) is 16.5. The number of nitrogens with zero attached hydrogens (tertiary/aromatic N) is 3. The second kappa shape index (κ2) is 8.39. The Balaban J connectivity index is 1.78. The molecule has 4 rings (SSSR count). The summed E-state index contributed by atoms with van der Waals surface area (Å²) in [6.07, 6.45) is 5.50. The molecule has 0 amide bonds. The van der Waals surface area contributed by atoms with Crippen LogP contribution in [0.25, 0.3) is 11.0 Å². The van der Waals surface area contributed by atoms with Gasteiger partial charge in [0, 0.05) is 29.1 Å². The van der Waals surface area contributed by atoms with E-state index in [0.717, 1.165) is 11.4 Å². The summed E-state index contributed by atoms with van der Waals surface area (Å²) in [6, 6.07) is 19.0. The molecule has 0 aliphatic rings. The maximum absolute atomic E-state index is 11.2. The van der Waals surface area contributed by atoms with Crippen LogP contribution in [0.1, 0.15) is 5.56 Å². The first-order valence-corrected chi connectivity index (χ1v) is 9.26. The lowest BCUT2D eigenvalue weighted by Gasteiger charge is -2.14. The highest BCUT2D eigenvalue weighted by Crippen LogP contribution is 2.29. The van der Waals surface area contributed by atoms with Gasteiger partial charge in [0.05, 0.1) is 23.1 Å². The van der Waals surface area contributed by atoms with Crippen LogP contribution in [-0.4, -0.2) is 22.0 Å². The number of hydrogen-bond donors (Lipinski definition) is 2. The van der Waals surface area contributed by atoms with Gasteiger partial charge in [-0.3, -0.25) is 10.1 Å². The van der Waals surface area contributed by atoms with Gasteiger partial charge < -0.3 is 15.4 Å². The first-order chi connectivity index (χ1) is 15.1. The van der Waals surface area contributed by atoms with E-state index in [2.05, 4.69) is 26.5 Å². The van der Waals surface area contributed by atoms with E-state index in [1.54, 1.807) is 19.2 Å². The van der Waals surface area contributed by atoms with Gasteiger partial charge in [-0.2, -0.15) is 0 Å². The minimum Gasteiger partial charge on any atom is -0.497 e. The highest BCUT2D eigenvalue weighted by Gasteiger charge is 2.14. The minimum atomic E-state index is -0.464. The Hall–Kier alpha value is -4.64. The second-order valence-corrected chi connectivity index (χ2v) is 6.55. The van der Waals surface area contributed by atoms with Gasteiger partial charge in [-0.25, -0.2) is 9.97 Å². The molecule has 8 heteroatoms. The number of nitro benzene ring substituents is 1. The highest BCUT2D eigenvalue weighted by molar-refractivity contribution is 5.85. The van der Waals surface area contributed by atoms with Crippen molar-refractivity contribution >= 4 is 39.7 Å². The number of methoxy groups -OCH3 is 1. The van der Waals surface area contributed by atoms with Crippen molar-refractivity contribution in [2.24, 2.45) is 0 Å². The molecule has 0 unspecified atom stereocenters. The number of non-ortho nitro benzene ring substituents is 1. The summed E-state index contributed by atoms with van der Waals surface area (Å²) in [4.78, 5) is 19.9. The van der Waals surface area contributed by atoms with E-state index in [0.29, 0.717) is 33.9 Å². The molecular weight excluding hydrogens is 394 g/mol. The highest BCUT2D eigenvalue weighted by atomic mass is 16.6. The third kappa shape index (κ3) is 4.36. The van der Waals surface area contributed by atoms with Gasteiger partial charge in [-0.15, -0.1) is 6.42 Å². The molecule has 2 N–H and O–H groups in total. The van der Waals surface area contributed by atoms with Gasteiger partial charge in [-0.1, -0.05) is 12.0 Å². The summed E-state index contributed by atoms with van der Waals surface area (Å²) in [5.74, 6) is 4.18. The predicted molar refractivity (Wildman–Crippen MR) is 120 cm³/mol. The molecule has 0 atom stereocenters. The Morgan fingerprint density at radius 3 is 2.32 bits per heavy atom.